The molecule has 2 aromatic carbocycles. The Bertz CT molecular complexity index is 975. The number of hydrogen-bond acceptors (Lipinski definition) is 2. The van der Waals surface area contributed by atoms with E-state index in [1.54, 1.807) is 0 Å². The summed E-state index contributed by atoms with van der Waals surface area (Å²) in [5, 5.41) is 12.7. The first-order valence-corrected chi connectivity index (χ1v) is 8.59. The van der Waals surface area contributed by atoms with Gasteiger partial charge in [-0.25, -0.2) is 4.79 Å². The number of aromatic amines is 1. The van der Waals surface area contributed by atoms with E-state index < -0.39 is 12.0 Å². The minimum absolute atomic E-state index is 0.236. The van der Waals surface area contributed by atoms with Gasteiger partial charge < -0.3 is 15.0 Å². The van der Waals surface area contributed by atoms with Crippen molar-refractivity contribution in [3.05, 3.63) is 48.2 Å². The maximum atomic E-state index is 13.0. The summed E-state index contributed by atoms with van der Waals surface area (Å²) in [6.07, 6.45) is 1.34. The second kappa shape index (κ2) is 5.92. The molecule has 1 aliphatic heterocycles. The summed E-state index contributed by atoms with van der Waals surface area (Å²) in [5.74, 6) is -0.849. The number of likely N-dealkylation sites (tertiary alicyclic amines) is 1. The number of fused-ring (bicyclic) bond motifs is 3. The van der Waals surface area contributed by atoms with Gasteiger partial charge in [-0.05, 0) is 41.7 Å². The summed E-state index contributed by atoms with van der Waals surface area (Å²) in [5.41, 5.74) is 1.34. The highest BCUT2D eigenvalue weighted by molar-refractivity contribution is 6.10. The standard InChI is InChI=1S/C20H20N2O3/c1-12-8-9-22(18(10-12)20(24)25)19(23)17-11-15-14-5-3-2-4-13(14)6-7-16(15)21-17/h2-7,11-12,18,21H,8-10H2,1H3,(H,24,25). The number of carbonyl (C=O) groups is 2. The van der Waals surface area contributed by atoms with Crippen molar-refractivity contribution in [2.24, 2.45) is 5.92 Å². The van der Waals surface area contributed by atoms with Gasteiger partial charge in [0, 0.05) is 17.4 Å². The van der Waals surface area contributed by atoms with Gasteiger partial charge in [0.2, 0.25) is 0 Å². The molecule has 2 N–H and O–H groups in total. The van der Waals surface area contributed by atoms with Gasteiger partial charge in [0.25, 0.3) is 5.91 Å². The molecular formula is C20H20N2O3. The third-order valence-electron chi connectivity index (χ3n) is 5.17. The maximum absolute atomic E-state index is 13.0. The molecule has 25 heavy (non-hydrogen) atoms. The van der Waals surface area contributed by atoms with Crippen LogP contribution >= 0.6 is 0 Å². The van der Waals surface area contributed by atoms with Crippen LogP contribution < -0.4 is 0 Å². The molecule has 1 aromatic heterocycles. The molecule has 1 amide bonds. The van der Waals surface area contributed by atoms with Crippen molar-refractivity contribution in [1.82, 2.24) is 9.88 Å². The SMILES string of the molecule is CC1CCN(C(=O)c2cc3c(ccc4ccccc43)[nH]2)C(C(=O)O)C1. The minimum atomic E-state index is -0.929. The lowest BCUT2D eigenvalue weighted by Crippen LogP contribution is -2.49. The summed E-state index contributed by atoms with van der Waals surface area (Å²) in [7, 11) is 0. The molecule has 128 valence electrons. The molecule has 0 bridgehead atoms. The van der Waals surface area contributed by atoms with Crippen LogP contribution in [-0.2, 0) is 4.79 Å². The number of amides is 1. The number of benzene rings is 2. The lowest BCUT2D eigenvalue weighted by molar-refractivity contribution is -0.144. The number of aromatic nitrogens is 1. The van der Waals surface area contributed by atoms with E-state index in [1.807, 2.05) is 49.4 Å². The number of nitrogens with one attached hydrogen (secondary N) is 1. The third-order valence-corrected chi connectivity index (χ3v) is 5.17. The molecule has 4 rings (SSSR count). The van der Waals surface area contributed by atoms with Crippen LogP contribution in [0.15, 0.2) is 42.5 Å². The maximum Gasteiger partial charge on any atom is 0.326 e. The van der Waals surface area contributed by atoms with Crippen LogP contribution in [0.2, 0.25) is 0 Å². The highest BCUT2D eigenvalue weighted by Crippen LogP contribution is 2.28. The van der Waals surface area contributed by atoms with E-state index in [0.717, 1.165) is 28.1 Å². The fraction of sp³-hybridized carbons (Fsp3) is 0.300. The van der Waals surface area contributed by atoms with Crippen molar-refractivity contribution in [2.75, 3.05) is 6.54 Å². The molecule has 0 spiro atoms. The molecule has 1 saturated heterocycles. The van der Waals surface area contributed by atoms with Gasteiger partial charge in [0.15, 0.2) is 0 Å². The zero-order valence-corrected chi connectivity index (χ0v) is 14.0. The summed E-state index contributed by atoms with van der Waals surface area (Å²) >= 11 is 0. The first kappa shape index (κ1) is 15.7. The predicted molar refractivity (Wildman–Crippen MR) is 96.7 cm³/mol. The second-order valence-electron chi connectivity index (χ2n) is 6.91. The van der Waals surface area contributed by atoms with E-state index in [2.05, 4.69) is 4.98 Å². The van der Waals surface area contributed by atoms with Crippen molar-refractivity contribution in [1.29, 1.82) is 0 Å². The zero-order chi connectivity index (χ0) is 17.6. The van der Waals surface area contributed by atoms with Crippen LogP contribution in [0.3, 0.4) is 0 Å². The van der Waals surface area contributed by atoms with Crippen LogP contribution in [0.4, 0.5) is 0 Å². The smallest absolute Gasteiger partial charge is 0.326 e. The van der Waals surface area contributed by atoms with Gasteiger partial charge in [-0.2, -0.15) is 0 Å². The average molecular weight is 336 g/mol. The van der Waals surface area contributed by atoms with Crippen molar-refractivity contribution < 1.29 is 14.7 Å². The van der Waals surface area contributed by atoms with Crippen LogP contribution in [-0.4, -0.2) is 39.5 Å². The fourth-order valence-electron chi connectivity index (χ4n) is 3.77. The molecule has 1 aliphatic rings. The fourth-order valence-corrected chi connectivity index (χ4v) is 3.77. The molecule has 2 heterocycles. The normalized spacial score (nSPS) is 20.9. The number of carboxylic acids is 1. The lowest BCUT2D eigenvalue weighted by atomic mass is 9.92. The number of carboxylic acid groups (broad SMARTS) is 1. The lowest BCUT2D eigenvalue weighted by Gasteiger charge is -2.35. The molecule has 5 nitrogen and oxygen atoms in total. The Labute approximate surface area is 145 Å². The summed E-state index contributed by atoms with van der Waals surface area (Å²) < 4.78 is 0. The largest absolute Gasteiger partial charge is 0.480 e. The topological polar surface area (TPSA) is 73.4 Å². The molecule has 2 unspecified atom stereocenters. The van der Waals surface area contributed by atoms with Crippen molar-refractivity contribution in [3.63, 3.8) is 0 Å². The van der Waals surface area contributed by atoms with Crippen LogP contribution in [0, 0.1) is 5.92 Å². The van der Waals surface area contributed by atoms with Crippen molar-refractivity contribution in [3.8, 4) is 0 Å². The molecule has 1 fully saturated rings. The van der Waals surface area contributed by atoms with Gasteiger partial charge in [0.05, 0.1) is 0 Å². The quantitative estimate of drug-likeness (QED) is 0.750. The van der Waals surface area contributed by atoms with E-state index in [0.29, 0.717) is 24.6 Å². The number of hydrogen-bond donors (Lipinski definition) is 2. The van der Waals surface area contributed by atoms with E-state index in [1.165, 1.54) is 4.90 Å². The summed E-state index contributed by atoms with van der Waals surface area (Å²) in [6.45, 7) is 2.51. The molecule has 0 radical (unpaired) electrons. The minimum Gasteiger partial charge on any atom is -0.480 e. The van der Waals surface area contributed by atoms with Gasteiger partial charge >= 0.3 is 5.97 Å². The predicted octanol–water partition coefficient (Wildman–Crippen LogP) is 3.65. The van der Waals surface area contributed by atoms with Crippen LogP contribution in [0.25, 0.3) is 21.7 Å². The Morgan fingerprint density at radius 1 is 1.16 bits per heavy atom. The Morgan fingerprint density at radius 2 is 1.96 bits per heavy atom. The van der Waals surface area contributed by atoms with Crippen LogP contribution in [0.1, 0.15) is 30.3 Å². The van der Waals surface area contributed by atoms with E-state index in [4.69, 9.17) is 0 Å². The highest BCUT2D eigenvalue weighted by atomic mass is 16.4. The molecule has 2 atom stereocenters. The van der Waals surface area contributed by atoms with Gasteiger partial charge in [-0.3, -0.25) is 4.79 Å². The van der Waals surface area contributed by atoms with E-state index in [-0.39, 0.29) is 5.91 Å². The average Bonchev–Trinajstić information content (AvgIpc) is 3.05. The molecule has 0 aliphatic carbocycles. The summed E-state index contributed by atoms with van der Waals surface area (Å²) in [4.78, 5) is 29.2. The number of rotatable bonds is 2. The zero-order valence-electron chi connectivity index (χ0n) is 14.0. The number of H-pyrrole nitrogens is 1. The Morgan fingerprint density at radius 3 is 2.76 bits per heavy atom. The third kappa shape index (κ3) is 2.65. The molecular weight excluding hydrogens is 316 g/mol. The van der Waals surface area contributed by atoms with Gasteiger partial charge in [-0.1, -0.05) is 37.3 Å². The number of carbonyl (C=O) groups excluding carboxylic acids is 1. The first-order valence-electron chi connectivity index (χ1n) is 8.59. The molecule has 5 heteroatoms. The van der Waals surface area contributed by atoms with Crippen LogP contribution in [0.5, 0.6) is 0 Å². The number of piperidine rings is 1. The number of aliphatic carboxylic acids is 1. The highest BCUT2D eigenvalue weighted by Gasteiger charge is 2.35. The first-order chi connectivity index (χ1) is 12.0. The van der Waals surface area contributed by atoms with Gasteiger partial charge in [-0.15, -0.1) is 0 Å². The Hall–Kier alpha value is -2.82. The molecule has 0 saturated carbocycles. The Kier molecular flexibility index (Phi) is 3.71. The molecule has 3 aromatic rings. The van der Waals surface area contributed by atoms with Crippen molar-refractivity contribution >= 4 is 33.6 Å². The van der Waals surface area contributed by atoms with Gasteiger partial charge in [0.1, 0.15) is 11.7 Å². The second-order valence-corrected chi connectivity index (χ2v) is 6.91. The Balaban J connectivity index is 1.74. The summed E-state index contributed by atoms with van der Waals surface area (Å²) in [6, 6.07) is 13.1. The van der Waals surface area contributed by atoms with E-state index in [9.17, 15) is 14.7 Å². The monoisotopic (exact) mass is 336 g/mol. The van der Waals surface area contributed by atoms with E-state index >= 15 is 0 Å². The van der Waals surface area contributed by atoms with Crippen molar-refractivity contribution in [2.45, 2.75) is 25.8 Å². The number of nitrogens with zero attached hydrogens (tertiary/aromatic N) is 1.